The fraction of sp³-hybridized carbons (Fsp3) is 0.353. The number of nitrogens with one attached hydrogen (secondary N) is 1. The molecule has 3 aromatic heterocycles. The number of fused-ring (bicyclic) bond motifs is 2. The van der Waals surface area contributed by atoms with Crippen molar-refractivity contribution in [2.45, 2.75) is 25.8 Å². The zero-order chi connectivity index (χ0) is 21.0. The molecule has 4 rings (SSSR count). The maximum Gasteiger partial charge on any atom is 0.332 e. The van der Waals surface area contributed by atoms with Gasteiger partial charge in [-0.25, -0.2) is 4.79 Å². The number of amides is 2. The topological polar surface area (TPSA) is 134 Å². The minimum Gasteiger partial charge on any atom is -0.365 e. The molecule has 0 aliphatic heterocycles. The first-order chi connectivity index (χ1) is 13.7. The summed E-state index contributed by atoms with van der Waals surface area (Å²) >= 11 is 7.48. The van der Waals surface area contributed by atoms with Crippen molar-refractivity contribution in [1.82, 2.24) is 18.7 Å². The number of nitrogens with two attached hydrogens (primary N) is 1. The average Bonchev–Trinajstić information content (AvgIpc) is 3.31. The van der Waals surface area contributed by atoms with Crippen LogP contribution in [-0.2, 0) is 38.3 Å². The molecule has 0 spiro atoms. The van der Waals surface area contributed by atoms with Crippen LogP contribution in [0, 0.1) is 0 Å². The van der Waals surface area contributed by atoms with E-state index in [2.05, 4.69) is 10.3 Å². The Morgan fingerprint density at radius 3 is 2.66 bits per heavy atom. The van der Waals surface area contributed by atoms with E-state index in [9.17, 15) is 19.2 Å². The second kappa shape index (κ2) is 6.85. The Labute approximate surface area is 172 Å². The predicted molar refractivity (Wildman–Crippen MR) is 109 cm³/mol. The van der Waals surface area contributed by atoms with Crippen LogP contribution in [0.1, 0.15) is 27.2 Å². The fourth-order valence-electron chi connectivity index (χ4n) is 3.63. The van der Waals surface area contributed by atoms with E-state index in [0.29, 0.717) is 10.6 Å². The summed E-state index contributed by atoms with van der Waals surface area (Å²) in [6.45, 7) is -0.316. The fourth-order valence-corrected chi connectivity index (χ4v) is 5.16. The van der Waals surface area contributed by atoms with E-state index >= 15 is 0 Å². The Bertz CT molecular complexity index is 1310. The number of hydrogen-bond donors (Lipinski definition) is 2. The number of nitrogens with zero attached hydrogens (tertiary/aromatic N) is 4. The first-order valence-corrected chi connectivity index (χ1v) is 9.96. The van der Waals surface area contributed by atoms with Crippen LogP contribution < -0.4 is 22.3 Å². The third-order valence-electron chi connectivity index (χ3n) is 5.02. The molecule has 3 N–H and O–H groups in total. The quantitative estimate of drug-likeness (QED) is 0.570. The highest BCUT2D eigenvalue weighted by Gasteiger charge is 2.27. The molecular weight excluding hydrogens is 420 g/mol. The molecule has 0 unspecified atom stereocenters. The van der Waals surface area contributed by atoms with E-state index in [4.69, 9.17) is 17.3 Å². The summed E-state index contributed by atoms with van der Waals surface area (Å²) in [6.07, 6.45) is 2.55. The summed E-state index contributed by atoms with van der Waals surface area (Å²) in [5.41, 5.74) is 5.72. The average molecular weight is 437 g/mol. The molecule has 0 bridgehead atoms. The lowest BCUT2D eigenvalue weighted by atomic mass is 10.1. The van der Waals surface area contributed by atoms with Gasteiger partial charge in [-0.3, -0.25) is 28.1 Å². The number of rotatable bonds is 4. The van der Waals surface area contributed by atoms with Gasteiger partial charge in [-0.1, -0.05) is 0 Å². The van der Waals surface area contributed by atoms with Crippen LogP contribution in [-0.4, -0.2) is 30.5 Å². The third kappa shape index (κ3) is 2.97. The number of aryl methyl sites for hydroxylation is 2. The zero-order valence-corrected chi connectivity index (χ0v) is 17.2. The van der Waals surface area contributed by atoms with Crippen LogP contribution >= 0.6 is 22.9 Å². The normalized spacial score (nSPS) is 13.1. The van der Waals surface area contributed by atoms with Crippen molar-refractivity contribution in [2.75, 3.05) is 5.32 Å². The van der Waals surface area contributed by atoms with Gasteiger partial charge >= 0.3 is 5.69 Å². The number of halogens is 1. The van der Waals surface area contributed by atoms with Gasteiger partial charge in [0, 0.05) is 19.0 Å². The second-order valence-corrected chi connectivity index (χ2v) is 8.26. The van der Waals surface area contributed by atoms with E-state index in [0.717, 1.165) is 34.3 Å². The van der Waals surface area contributed by atoms with Crippen LogP contribution in [0.25, 0.3) is 11.2 Å². The number of imidazole rings is 1. The molecule has 1 aliphatic carbocycles. The summed E-state index contributed by atoms with van der Waals surface area (Å²) in [4.78, 5) is 54.3. The zero-order valence-electron chi connectivity index (χ0n) is 15.6. The molecule has 3 aromatic rings. The van der Waals surface area contributed by atoms with Gasteiger partial charge in [0.25, 0.3) is 11.5 Å². The SMILES string of the molecule is Cn1c(=O)c2c(nc(Cl)n2CC(=O)Nc2sc3c(c2C(N)=O)CCC3)n(C)c1=O. The predicted octanol–water partition coefficient (Wildman–Crippen LogP) is 0.375. The van der Waals surface area contributed by atoms with Gasteiger partial charge in [-0.05, 0) is 36.4 Å². The van der Waals surface area contributed by atoms with Crippen LogP contribution in [0.3, 0.4) is 0 Å². The number of primary amides is 1. The summed E-state index contributed by atoms with van der Waals surface area (Å²) in [5.74, 6) is -1.08. The molecule has 3 heterocycles. The van der Waals surface area contributed by atoms with E-state index in [1.165, 1.54) is 34.6 Å². The van der Waals surface area contributed by atoms with E-state index in [1.807, 2.05) is 0 Å². The van der Waals surface area contributed by atoms with Crippen molar-refractivity contribution < 1.29 is 9.59 Å². The lowest BCUT2D eigenvalue weighted by Gasteiger charge is -2.09. The monoisotopic (exact) mass is 436 g/mol. The number of carbonyl (C=O) groups excluding carboxylic acids is 2. The standard InChI is InChI=1S/C17H17ClN6O4S/c1-22-13-11(15(27)23(2)17(22)28)24(16(18)21-13)6-9(25)20-14-10(12(19)26)7-4-3-5-8(7)29-14/h3-6H2,1-2H3,(H2,19,26)(H,20,25). The Balaban J connectivity index is 1.71. The molecule has 29 heavy (non-hydrogen) atoms. The maximum atomic E-state index is 12.7. The molecule has 0 aromatic carbocycles. The minimum atomic E-state index is -0.608. The summed E-state index contributed by atoms with van der Waals surface area (Å²) in [5, 5.41) is 3.00. The highest BCUT2D eigenvalue weighted by atomic mass is 35.5. The Morgan fingerprint density at radius 1 is 1.24 bits per heavy atom. The Kier molecular flexibility index (Phi) is 4.58. The number of aromatic nitrogens is 4. The first kappa shape index (κ1) is 19.4. The van der Waals surface area contributed by atoms with Crippen molar-refractivity contribution >= 4 is 50.9 Å². The molecule has 10 nitrogen and oxygen atoms in total. The van der Waals surface area contributed by atoms with Gasteiger partial charge < -0.3 is 11.1 Å². The van der Waals surface area contributed by atoms with Crippen molar-refractivity contribution in [3.63, 3.8) is 0 Å². The first-order valence-electron chi connectivity index (χ1n) is 8.76. The molecule has 0 saturated carbocycles. The van der Waals surface area contributed by atoms with Crippen LogP contribution in [0.5, 0.6) is 0 Å². The smallest absolute Gasteiger partial charge is 0.332 e. The van der Waals surface area contributed by atoms with Gasteiger partial charge in [0.05, 0.1) is 5.56 Å². The number of hydrogen-bond acceptors (Lipinski definition) is 6. The number of anilines is 1. The molecule has 152 valence electrons. The summed E-state index contributed by atoms with van der Waals surface area (Å²) < 4.78 is 3.34. The maximum absolute atomic E-state index is 12.7. The Morgan fingerprint density at radius 2 is 1.97 bits per heavy atom. The van der Waals surface area contributed by atoms with E-state index < -0.39 is 23.1 Å². The summed E-state index contributed by atoms with van der Waals surface area (Å²) in [6, 6.07) is 0. The molecule has 0 radical (unpaired) electrons. The van der Waals surface area contributed by atoms with Crippen LogP contribution in [0.2, 0.25) is 5.28 Å². The van der Waals surface area contributed by atoms with Gasteiger partial charge in [-0.15, -0.1) is 11.3 Å². The molecule has 1 aliphatic rings. The van der Waals surface area contributed by atoms with Crippen LogP contribution in [0.15, 0.2) is 9.59 Å². The van der Waals surface area contributed by atoms with E-state index in [1.54, 1.807) is 0 Å². The van der Waals surface area contributed by atoms with Gasteiger partial charge in [0.2, 0.25) is 11.2 Å². The lowest BCUT2D eigenvalue weighted by molar-refractivity contribution is -0.116. The third-order valence-corrected chi connectivity index (χ3v) is 6.52. The van der Waals surface area contributed by atoms with Gasteiger partial charge in [0.1, 0.15) is 11.5 Å². The lowest BCUT2D eigenvalue weighted by Crippen LogP contribution is -2.37. The van der Waals surface area contributed by atoms with E-state index in [-0.39, 0.29) is 23.0 Å². The molecule has 0 saturated heterocycles. The highest BCUT2D eigenvalue weighted by Crippen LogP contribution is 2.38. The largest absolute Gasteiger partial charge is 0.365 e. The van der Waals surface area contributed by atoms with Crippen LogP contribution in [0.4, 0.5) is 5.00 Å². The van der Waals surface area contributed by atoms with Gasteiger partial charge in [0.15, 0.2) is 11.2 Å². The van der Waals surface area contributed by atoms with Crippen molar-refractivity contribution in [3.8, 4) is 0 Å². The second-order valence-electron chi connectivity index (χ2n) is 6.82. The van der Waals surface area contributed by atoms with Crippen molar-refractivity contribution in [1.29, 1.82) is 0 Å². The molecule has 12 heteroatoms. The Hall–Kier alpha value is -2.92. The van der Waals surface area contributed by atoms with Crippen molar-refractivity contribution in [2.24, 2.45) is 19.8 Å². The number of thiophene rings is 1. The minimum absolute atomic E-state index is 0.0403. The molecule has 2 amide bonds. The number of carbonyl (C=O) groups is 2. The van der Waals surface area contributed by atoms with Gasteiger partial charge in [-0.2, -0.15) is 4.98 Å². The highest BCUT2D eigenvalue weighted by molar-refractivity contribution is 7.17. The van der Waals surface area contributed by atoms with Crippen molar-refractivity contribution in [3.05, 3.63) is 42.1 Å². The molecule has 0 fully saturated rings. The summed E-state index contributed by atoms with van der Waals surface area (Å²) in [7, 11) is 2.80. The molecular formula is C17H17ClN6O4S. The molecule has 0 atom stereocenters.